The van der Waals surface area contributed by atoms with Crippen LogP contribution < -0.4 is 0 Å². The van der Waals surface area contributed by atoms with Crippen molar-refractivity contribution in [2.75, 3.05) is 0 Å². The Balaban J connectivity index is 2.15. The first-order valence-corrected chi connectivity index (χ1v) is 8.93. The third kappa shape index (κ3) is 2.70. The molecule has 28 heavy (non-hydrogen) atoms. The van der Waals surface area contributed by atoms with E-state index in [9.17, 15) is 9.90 Å². The van der Waals surface area contributed by atoms with E-state index >= 15 is 4.39 Å². The lowest BCUT2D eigenvalue weighted by molar-refractivity contribution is 0.0690. The molecule has 0 unspecified atom stereocenters. The number of carbonyl (C=O) groups is 1. The van der Waals surface area contributed by atoms with E-state index in [1.807, 2.05) is 91.0 Å². The van der Waals surface area contributed by atoms with Crippen molar-refractivity contribution in [2.24, 2.45) is 0 Å². The van der Waals surface area contributed by atoms with E-state index in [0.717, 1.165) is 16.7 Å². The molecule has 0 spiro atoms. The number of hydrogen-bond acceptors (Lipinski definition) is 1. The SMILES string of the molecule is O=C(O)c1ccn(C(c2ccccc2)(c2ccccc2)c2ccccc2)c1F. The summed E-state index contributed by atoms with van der Waals surface area (Å²) in [6, 6.07) is 30.0. The van der Waals surface area contributed by atoms with Gasteiger partial charge in [-0.05, 0) is 22.8 Å². The van der Waals surface area contributed by atoms with Gasteiger partial charge >= 0.3 is 5.97 Å². The Hall–Kier alpha value is -3.66. The van der Waals surface area contributed by atoms with Crippen LogP contribution in [0.5, 0.6) is 0 Å². The number of hydrogen-bond donors (Lipinski definition) is 1. The van der Waals surface area contributed by atoms with Crippen molar-refractivity contribution in [3.8, 4) is 0 Å². The van der Waals surface area contributed by atoms with Gasteiger partial charge in [0.05, 0.1) is 0 Å². The molecule has 1 aromatic heterocycles. The molecule has 0 saturated heterocycles. The van der Waals surface area contributed by atoms with Gasteiger partial charge in [-0.3, -0.25) is 0 Å². The molecule has 3 nitrogen and oxygen atoms in total. The van der Waals surface area contributed by atoms with E-state index in [1.165, 1.54) is 16.8 Å². The molecule has 0 aliphatic heterocycles. The lowest BCUT2D eigenvalue weighted by atomic mass is 9.76. The van der Waals surface area contributed by atoms with Gasteiger partial charge in [-0.2, -0.15) is 4.39 Å². The van der Waals surface area contributed by atoms with E-state index in [1.54, 1.807) is 0 Å². The lowest BCUT2D eigenvalue weighted by Gasteiger charge is -2.38. The first-order chi connectivity index (χ1) is 13.7. The fraction of sp³-hybridized carbons (Fsp3) is 0.0417. The second kappa shape index (κ2) is 7.16. The van der Waals surface area contributed by atoms with Crippen LogP contribution in [0.3, 0.4) is 0 Å². The molecule has 0 bridgehead atoms. The highest BCUT2D eigenvalue weighted by Gasteiger charge is 2.40. The topological polar surface area (TPSA) is 42.2 Å². The number of halogens is 1. The van der Waals surface area contributed by atoms with Crippen LogP contribution in [0, 0.1) is 5.95 Å². The normalized spacial score (nSPS) is 11.3. The molecular weight excluding hydrogens is 353 g/mol. The van der Waals surface area contributed by atoms with Crippen molar-refractivity contribution in [3.63, 3.8) is 0 Å². The minimum atomic E-state index is -1.29. The van der Waals surface area contributed by atoms with Crippen molar-refractivity contribution in [2.45, 2.75) is 5.54 Å². The van der Waals surface area contributed by atoms with Crippen molar-refractivity contribution in [1.29, 1.82) is 0 Å². The van der Waals surface area contributed by atoms with Crippen molar-refractivity contribution in [3.05, 3.63) is 131 Å². The fourth-order valence-corrected chi connectivity index (χ4v) is 3.79. The van der Waals surface area contributed by atoms with Gasteiger partial charge in [-0.25, -0.2) is 4.79 Å². The standard InChI is InChI=1S/C24H18FNO2/c25-22-21(23(27)28)16-17-26(22)24(18-10-4-1-5-11-18,19-12-6-2-7-13-19)20-14-8-3-9-15-20/h1-17H,(H,27,28). The molecule has 3 aromatic carbocycles. The summed E-state index contributed by atoms with van der Waals surface area (Å²) in [5.74, 6) is -2.08. The molecule has 1 heterocycles. The molecule has 138 valence electrons. The van der Waals surface area contributed by atoms with Crippen LogP contribution in [0.1, 0.15) is 27.0 Å². The highest BCUT2D eigenvalue weighted by molar-refractivity contribution is 5.87. The molecule has 0 saturated carbocycles. The van der Waals surface area contributed by atoms with E-state index < -0.39 is 17.5 Å². The fourth-order valence-electron chi connectivity index (χ4n) is 3.79. The van der Waals surface area contributed by atoms with Gasteiger partial charge in [0.25, 0.3) is 0 Å². The molecule has 0 aliphatic carbocycles. The molecule has 0 amide bonds. The van der Waals surface area contributed by atoms with Crippen LogP contribution in [0.2, 0.25) is 0 Å². The summed E-state index contributed by atoms with van der Waals surface area (Å²) in [7, 11) is 0. The minimum absolute atomic E-state index is 0.354. The second-order valence-electron chi connectivity index (χ2n) is 6.50. The largest absolute Gasteiger partial charge is 0.478 e. The zero-order chi connectivity index (χ0) is 19.6. The number of aromatic nitrogens is 1. The number of carboxylic acids is 1. The van der Waals surface area contributed by atoms with Crippen LogP contribution in [0.15, 0.2) is 103 Å². The smallest absolute Gasteiger partial charge is 0.340 e. The molecule has 4 heteroatoms. The van der Waals surface area contributed by atoms with Crippen molar-refractivity contribution < 1.29 is 14.3 Å². The summed E-state index contributed by atoms with van der Waals surface area (Å²) in [5, 5.41) is 9.40. The Morgan fingerprint density at radius 2 is 1.11 bits per heavy atom. The van der Waals surface area contributed by atoms with Crippen LogP contribution >= 0.6 is 0 Å². The quantitative estimate of drug-likeness (QED) is 0.492. The van der Waals surface area contributed by atoms with Gasteiger partial charge in [-0.1, -0.05) is 91.0 Å². The summed E-state index contributed by atoms with van der Waals surface area (Å²) in [6.45, 7) is 0. The van der Waals surface area contributed by atoms with Crippen LogP contribution in [0.25, 0.3) is 0 Å². The lowest BCUT2D eigenvalue weighted by Crippen LogP contribution is -2.38. The Morgan fingerprint density at radius 1 is 0.714 bits per heavy atom. The van der Waals surface area contributed by atoms with Gasteiger partial charge in [0.15, 0.2) is 0 Å². The average molecular weight is 371 g/mol. The maximum atomic E-state index is 15.4. The molecule has 0 fully saturated rings. The summed E-state index contributed by atoms with van der Waals surface area (Å²) in [5.41, 5.74) is 1.09. The van der Waals surface area contributed by atoms with Crippen LogP contribution in [0.4, 0.5) is 4.39 Å². The van der Waals surface area contributed by atoms with Gasteiger partial charge in [0, 0.05) is 6.20 Å². The van der Waals surface area contributed by atoms with Crippen LogP contribution in [-0.4, -0.2) is 15.6 Å². The van der Waals surface area contributed by atoms with E-state index in [0.29, 0.717) is 0 Å². The first-order valence-electron chi connectivity index (χ1n) is 8.93. The Morgan fingerprint density at radius 3 is 1.43 bits per heavy atom. The Labute approximate surface area is 162 Å². The van der Waals surface area contributed by atoms with Gasteiger partial charge in [0.1, 0.15) is 11.1 Å². The first kappa shape index (κ1) is 17.7. The average Bonchev–Trinajstić information content (AvgIpc) is 3.13. The zero-order valence-electron chi connectivity index (χ0n) is 15.0. The van der Waals surface area contributed by atoms with Gasteiger partial charge in [-0.15, -0.1) is 0 Å². The maximum Gasteiger partial charge on any atom is 0.340 e. The summed E-state index contributed by atoms with van der Waals surface area (Å²) < 4.78 is 16.8. The highest BCUT2D eigenvalue weighted by atomic mass is 19.1. The Bertz CT molecular complexity index is 993. The number of nitrogens with zero attached hydrogens (tertiary/aromatic N) is 1. The molecule has 0 radical (unpaired) electrons. The number of benzene rings is 3. The summed E-state index contributed by atoms with van der Waals surface area (Å²) in [6.07, 6.45) is 1.51. The molecule has 4 aromatic rings. The zero-order valence-corrected chi connectivity index (χ0v) is 15.0. The van der Waals surface area contributed by atoms with Crippen LogP contribution in [-0.2, 0) is 5.54 Å². The molecule has 0 aliphatic rings. The number of aromatic carboxylic acids is 1. The molecule has 1 N–H and O–H groups in total. The third-order valence-corrected chi connectivity index (χ3v) is 4.99. The van der Waals surface area contributed by atoms with Gasteiger partial charge < -0.3 is 9.67 Å². The summed E-state index contributed by atoms with van der Waals surface area (Å²) >= 11 is 0. The molecule has 4 rings (SSSR count). The number of carboxylic acid groups (broad SMARTS) is 1. The summed E-state index contributed by atoms with van der Waals surface area (Å²) in [4.78, 5) is 11.5. The van der Waals surface area contributed by atoms with Crippen molar-refractivity contribution in [1.82, 2.24) is 4.57 Å². The third-order valence-electron chi connectivity index (χ3n) is 4.99. The van der Waals surface area contributed by atoms with E-state index in [4.69, 9.17) is 0 Å². The Kier molecular flexibility index (Phi) is 4.53. The molecule has 0 atom stereocenters. The van der Waals surface area contributed by atoms with E-state index in [-0.39, 0.29) is 5.56 Å². The van der Waals surface area contributed by atoms with Gasteiger partial charge in [0.2, 0.25) is 5.95 Å². The highest BCUT2D eigenvalue weighted by Crippen LogP contribution is 2.41. The predicted octanol–water partition coefficient (Wildman–Crippen LogP) is 5.17. The monoisotopic (exact) mass is 371 g/mol. The predicted molar refractivity (Wildman–Crippen MR) is 106 cm³/mol. The second-order valence-corrected chi connectivity index (χ2v) is 6.50. The minimum Gasteiger partial charge on any atom is -0.478 e. The number of rotatable bonds is 5. The molecular formula is C24H18FNO2. The van der Waals surface area contributed by atoms with Crippen molar-refractivity contribution >= 4 is 5.97 Å². The maximum absolute atomic E-state index is 15.4. The van der Waals surface area contributed by atoms with E-state index in [2.05, 4.69) is 0 Å².